The number of amides is 1. The first-order chi connectivity index (χ1) is 15.3. The number of carbonyl (C=O) groups excluding carboxylic acids is 1. The molecule has 10 heteroatoms. The van der Waals surface area contributed by atoms with Gasteiger partial charge in [-0.2, -0.15) is 4.31 Å². The fourth-order valence-corrected chi connectivity index (χ4v) is 5.37. The summed E-state index contributed by atoms with van der Waals surface area (Å²) in [4.78, 5) is 12.5. The highest BCUT2D eigenvalue weighted by Crippen LogP contribution is 2.33. The van der Waals surface area contributed by atoms with Gasteiger partial charge in [-0.15, -0.1) is 0 Å². The van der Waals surface area contributed by atoms with Crippen molar-refractivity contribution >= 4 is 15.9 Å². The first-order valence-electron chi connectivity index (χ1n) is 10.4. The quantitative estimate of drug-likeness (QED) is 0.732. The van der Waals surface area contributed by atoms with Gasteiger partial charge in [0.2, 0.25) is 15.9 Å². The number of sulfonamides is 1. The minimum atomic E-state index is -3.96. The molecule has 1 atom stereocenters. The summed E-state index contributed by atoms with van der Waals surface area (Å²) in [5.41, 5.74) is 0.876. The van der Waals surface area contributed by atoms with Crippen molar-refractivity contribution in [1.29, 1.82) is 0 Å². The van der Waals surface area contributed by atoms with Crippen molar-refractivity contribution in [3.63, 3.8) is 0 Å². The van der Waals surface area contributed by atoms with Gasteiger partial charge in [-0.25, -0.2) is 17.2 Å². The molecule has 2 heterocycles. The maximum atomic E-state index is 13.5. The fraction of sp³-hybridized carbons (Fsp3) is 0.409. The minimum Gasteiger partial charge on any atom is -0.486 e. The van der Waals surface area contributed by atoms with E-state index >= 15 is 0 Å². The van der Waals surface area contributed by atoms with Crippen molar-refractivity contribution in [1.82, 2.24) is 9.62 Å². The van der Waals surface area contributed by atoms with E-state index in [1.165, 1.54) is 4.31 Å². The lowest BCUT2D eigenvalue weighted by molar-refractivity contribution is -0.126. The molecule has 32 heavy (non-hydrogen) atoms. The van der Waals surface area contributed by atoms with E-state index in [2.05, 4.69) is 5.32 Å². The van der Waals surface area contributed by atoms with Gasteiger partial charge < -0.3 is 14.8 Å². The van der Waals surface area contributed by atoms with Gasteiger partial charge in [0.1, 0.15) is 13.2 Å². The van der Waals surface area contributed by atoms with Crippen molar-refractivity contribution < 1.29 is 31.5 Å². The molecular weight excluding hydrogens is 442 g/mol. The third-order valence-electron chi connectivity index (χ3n) is 5.78. The summed E-state index contributed by atoms with van der Waals surface area (Å²) in [6.07, 6.45) is 0.672. The van der Waals surface area contributed by atoms with Crippen molar-refractivity contribution in [2.24, 2.45) is 5.92 Å². The van der Waals surface area contributed by atoms with Crippen molar-refractivity contribution in [3.8, 4) is 11.5 Å². The van der Waals surface area contributed by atoms with Crippen LogP contribution in [0.2, 0.25) is 0 Å². The van der Waals surface area contributed by atoms with Crippen LogP contribution >= 0.6 is 0 Å². The Morgan fingerprint density at radius 1 is 1.03 bits per heavy atom. The summed E-state index contributed by atoms with van der Waals surface area (Å²) in [6, 6.07) is 7.78. The Morgan fingerprint density at radius 3 is 2.41 bits per heavy atom. The number of rotatable bonds is 5. The standard InChI is InChI=1S/C22H24F2N2O5S/c1-14(16-2-5-20-21(12-16)31-11-10-30-20)25-22(27)15-6-8-26(9-7-15)32(28,29)17-3-4-18(23)19(24)13-17/h2-5,12-15H,6-11H2,1H3,(H,25,27)/t14-/m1/s1. The van der Waals surface area contributed by atoms with Crippen molar-refractivity contribution in [3.05, 3.63) is 53.6 Å². The highest BCUT2D eigenvalue weighted by molar-refractivity contribution is 7.89. The SMILES string of the molecule is C[C@@H](NC(=O)C1CCN(S(=O)(=O)c2ccc(F)c(F)c2)CC1)c1ccc2c(c1)OCCO2. The highest BCUT2D eigenvalue weighted by atomic mass is 32.2. The topological polar surface area (TPSA) is 84.9 Å². The molecule has 1 amide bonds. The van der Waals surface area contributed by atoms with E-state index in [4.69, 9.17) is 9.47 Å². The maximum Gasteiger partial charge on any atom is 0.243 e. The Morgan fingerprint density at radius 2 is 1.72 bits per heavy atom. The molecule has 2 aromatic carbocycles. The smallest absolute Gasteiger partial charge is 0.243 e. The third-order valence-corrected chi connectivity index (χ3v) is 7.67. The number of benzene rings is 2. The Hall–Kier alpha value is -2.72. The molecule has 1 saturated heterocycles. The van der Waals surface area contributed by atoms with Gasteiger partial charge in [0.25, 0.3) is 0 Å². The minimum absolute atomic E-state index is 0.123. The first kappa shape index (κ1) is 22.5. The number of nitrogens with zero attached hydrogens (tertiary/aromatic N) is 1. The Kier molecular flexibility index (Phi) is 6.34. The molecule has 0 aromatic heterocycles. The van der Waals surface area contributed by atoms with Gasteiger partial charge in [-0.3, -0.25) is 4.79 Å². The van der Waals surface area contributed by atoms with E-state index in [9.17, 15) is 22.0 Å². The van der Waals surface area contributed by atoms with Crippen LogP contribution in [0.5, 0.6) is 11.5 Å². The molecule has 0 radical (unpaired) electrons. The molecule has 0 bridgehead atoms. The zero-order valence-electron chi connectivity index (χ0n) is 17.5. The molecule has 2 aromatic rings. The van der Waals surface area contributed by atoms with Gasteiger partial charge >= 0.3 is 0 Å². The second-order valence-electron chi connectivity index (χ2n) is 7.89. The molecule has 2 aliphatic heterocycles. The number of hydrogen-bond donors (Lipinski definition) is 1. The second kappa shape index (κ2) is 9.03. The van der Waals surface area contributed by atoms with Crippen LogP contribution in [0.25, 0.3) is 0 Å². The van der Waals surface area contributed by atoms with Gasteiger partial charge in [0.05, 0.1) is 10.9 Å². The predicted octanol–water partition coefficient (Wildman–Crippen LogP) is 3.01. The lowest BCUT2D eigenvalue weighted by Crippen LogP contribution is -2.43. The summed E-state index contributed by atoms with van der Waals surface area (Å²) in [6.45, 7) is 3.09. The molecule has 4 rings (SSSR count). The van der Waals surface area contributed by atoms with E-state index < -0.39 is 21.7 Å². The number of hydrogen-bond acceptors (Lipinski definition) is 5. The lowest BCUT2D eigenvalue weighted by atomic mass is 9.96. The van der Waals surface area contributed by atoms with Crippen LogP contribution in [-0.4, -0.2) is 44.9 Å². The molecule has 0 saturated carbocycles. The number of nitrogens with one attached hydrogen (secondary N) is 1. The normalized spacial score (nSPS) is 18.2. The van der Waals surface area contributed by atoms with Crippen LogP contribution in [0.15, 0.2) is 41.3 Å². The van der Waals surface area contributed by atoms with Crippen molar-refractivity contribution in [2.45, 2.75) is 30.7 Å². The average molecular weight is 467 g/mol. The number of carbonyl (C=O) groups is 1. The predicted molar refractivity (Wildman–Crippen MR) is 112 cm³/mol. The molecule has 0 spiro atoms. The number of piperidine rings is 1. The molecular formula is C22H24F2N2O5S. The van der Waals surface area contributed by atoms with Crippen LogP contribution in [0.4, 0.5) is 8.78 Å². The largest absolute Gasteiger partial charge is 0.486 e. The van der Waals surface area contributed by atoms with E-state index in [-0.39, 0.29) is 35.9 Å². The summed E-state index contributed by atoms with van der Waals surface area (Å²) in [5.74, 6) is -1.50. The van der Waals surface area contributed by atoms with Gasteiger partial charge in [0.15, 0.2) is 23.1 Å². The summed E-state index contributed by atoms with van der Waals surface area (Å²) in [7, 11) is -3.96. The molecule has 0 aliphatic carbocycles. The Balaban J connectivity index is 1.35. The molecule has 172 valence electrons. The van der Waals surface area contributed by atoms with E-state index in [1.807, 2.05) is 25.1 Å². The number of fused-ring (bicyclic) bond motifs is 1. The molecule has 7 nitrogen and oxygen atoms in total. The van der Waals surface area contributed by atoms with E-state index in [1.54, 1.807) is 0 Å². The lowest BCUT2D eigenvalue weighted by Gasteiger charge is -2.31. The van der Waals surface area contributed by atoms with E-state index in [0.717, 1.165) is 17.7 Å². The van der Waals surface area contributed by atoms with Crippen LogP contribution in [0.1, 0.15) is 31.4 Å². The fourth-order valence-electron chi connectivity index (χ4n) is 3.89. The van der Waals surface area contributed by atoms with Crippen LogP contribution in [0, 0.1) is 17.6 Å². The van der Waals surface area contributed by atoms with Crippen molar-refractivity contribution in [2.75, 3.05) is 26.3 Å². The van der Waals surface area contributed by atoms with Gasteiger partial charge in [-0.1, -0.05) is 6.07 Å². The first-order valence-corrected chi connectivity index (χ1v) is 11.8. The third kappa shape index (κ3) is 4.56. The summed E-state index contributed by atoms with van der Waals surface area (Å²) < 4.78 is 64.4. The monoisotopic (exact) mass is 466 g/mol. The molecule has 0 unspecified atom stereocenters. The zero-order valence-corrected chi connectivity index (χ0v) is 18.3. The number of ether oxygens (including phenoxy) is 2. The van der Waals surface area contributed by atoms with Gasteiger partial charge in [0, 0.05) is 19.0 Å². The zero-order chi connectivity index (χ0) is 22.9. The molecule has 1 fully saturated rings. The van der Waals surface area contributed by atoms with Crippen LogP contribution in [-0.2, 0) is 14.8 Å². The average Bonchev–Trinajstić information content (AvgIpc) is 2.80. The Bertz CT molecular complexity index is 1120. The Labute approximate surface area is 185 Å². The van der Waals surface area contributed by atoms with Gasteiger partial charge in [-0.05, 0) is 55.7 Å². The van der Waals surface area contributed by atoms with Crippen LogP contribution in [0.3, 0.4) is 0 Å². The second-order valence-corrected chi connectivity index (χ2v) is 9.83. The van der Waals surface area contributed by atoms with E-state index in [0.29, 0.717) is 43.6 Å². The van der Waals surface area contributed by atoms with Crippen LogP contribution < -0.4 is 14.8 Å². The summed E-state index contributed by atoms with van der Waals surface area (Å²) in [5, 5.41) is 2.98. The number of halogens is 2. The highest BCUT2D eigenvalue weighted by Gasteiger charge is 2.33. The summed E-state index contributed by atoms with van der Waals surface area (Å²) >= 11 is 0. The molecule has 2 aliphatic rings. The molecule has 1 N–H and O–H groups in total. The maximum absolute atomic E-state index is 13.5.